The van der Waals surface area contributed by atoms with Gasteiger partial charge >= 0.3 is 17.9 Å². The summed E-state index contributed by atoms with van der Waals surface area (Å²) < 4.78 is 0. The molecule has 1 atom stereocenters. The van der Waals surface area contributed by atoms with Crippen LogP contribution >= 0.6 is 0 Å². The molecule has 0 aliphatic carbocycles. The molecule has 0 aliphatic heterocycles. The Labute approximate surface area is 106 Å². The number of carbonyl (C=O) groups is 3. The highest BCUT2D eigenvalue weighted by atomic mass is 16.4. The third-order valence-electron chi connectivity index (χ3n) is 2.05. The Morgan fingerprint density at radius 3 is 1.44 bits per heavy atom. The molecule has 0 spiro atoms. The SMILES string of the molecule is CC(C)CC(N)C(=O)O.CCC(C(=O)O)C(=O)O. The number of rotatable bonds is 6. The summed E-state index contributed by atoms with van der Waals surface area (Å²) in [6.07, 6.45) is 0.681. The van der Waals surface area contributed by atoms with Gasteiger partial charge in [-0.2, -0.15) is 0 Å². The standard InChI is InChI=1S/C6H13NO2.C5H8O4/c1-4(2)3-5(7)6(8)9;1-2-3(4(6)7)5(8)9/h4-5H,3,7H2,1-2H3,(H,8,9);3H,2H2,1H3,(H,6,7)(H,8,9). The summed E-state index contributed by atoms with van der Waals surface area (Å²) in [5.74, 6) is -4.35. The van der Waals surface area contributed by atoms with Gasteiger partial charge in [-0.3, -0.25) is 14.4 Å². The van der Waals surface area contributed by atoms with Gasteiger partial charge in [0.25, 0.3) is 0 Å². The summed E-state index contributed by atoms with van der Waals surface area (Å²) in [6, 6.07) is -0.690. The maximum atomic E-state index is 10.1. The zero-order chi connectivity index (χ0) is 14.9. The third kappa shape index (κ3) is 9.59. The van der Waals surface area contributed by atoms with Crippen LogP contribution in [-0.4, -0.2) is 39.3 Å². The van der Waals surface area contributed by atoms with Crippen molar-refractivity contribution in [2.75, 3.05) is 0 Å². The highest BCUT2D eigenvalue weighted by molar-refractivity contribution is 5.92. The van der Waals surface area contributed by atoms with Crippen LogP contribution < -0.4 is 5.73 Å². The third-order valence-corrected chi connectivity index (χ3v) is 2.05. The normalized spacial score (nSPS) is 11.7. The van der Waals surface area contributed by atoms with Crippen LogP contribution in [0.5, 0.6) is 0 Å². The quantitative estimate of drug-likeness (QED) is 0.515. The van der Waals surface area contributed by atoms with Crippen LogP contribution in [0.15, 0.2) is 0 Å². The van der Waals surface area contributed by atoms with Gasteiger partial charge in [-0.1, -0.05) is 20.8 Å². The molecule has 0 aromatic carbocycles. The summed E-state index contributed by atoms with van der Waals surface area (Å²) in [7, 11) is 0. The minimum atomic E-state index is -1.27. The summed E-state index contributed by atoms with van der Waals surface area (Å²) >= 11 is 0. The lowest BCUT2D eigenvalue weighted by Crippen LogP contribution is -2.31. The molecule has 7 heteroatoms. The fourth-order valence-electron chi connectivity index (χ4n) is 1.06. The van der Waals surface area contributed by atoms with E-state index < -0.39 is 29.9 Å². The number of nitrogens with two attached hydrogens (primary N) is 1. The second kappa shape index (κ2) is 9.41. The van der Waals surface area contributed by atoms with Crippen LogP contribution in [0.25, 0.3) is 0 Å². The molecule has 0 heterocycles. The Bertz CT molecular complexity index is 275. The predicted octanol–water partition coefficient (Wildman–Crippen LogP) is 0.626. The van der Waals surface area contributed by atoms with Gasteiger partial charge < -0.3 is 21.1 Å². The Kier molecular flexibility index (Phi) is 9.79. The lowest BCUT2D eigenvalue weighted by molar-refractivity contribution is -0.154. The Balaban J connectivity index is 0. The van der Waals surface area contributed by atoms with E-state index in [1.807, 2.05) is 13.8 Å². The molecule has 0 aromatic rings. The van der Waals surface area contributed by atoms with E-state index in [1.54, 1.807) is 0 Å². The van der Waals surface area contributed by atoms with Crippen molar-refractivity contribution in [2.24, 2.45) is 17.6 Å². The number of carboxylic acid groups (broad SMARTS) is 3. The van der Waals surface area contributed by atoms with E-state index in [0.29, 0.717) is 12.3 Å². The van der Waals surface area contributed by atoms with Crippen molar-refractivity contribution in [1.82, 2.24) is 0 Å². The molecule has 0 amide bonds. The minimum Gasteiger partial charge on any atom is -0.481 e. The number of aliphatic carboxylic acids is 3. The second-order valence-electron chi connectivity index (χ2n) is 4.21. The van der Waals surface area contributed by atoms with Crippen molar-refractivity contribution in [1.29, 1.82) is 0 Å². The van der Waals surface area contributed by atoms with Crippen LogP contribution in [0.2, 0.25) is 0 Å². The van der Waals surface area contributed by atoms with E-state index in [-0.39, 0.29) is 6.42 Å². The zero-order valence-electron chi connectivity index (χ0n) is 10.8. The first-order valence-electron chi connectivity index (χ1n) is 5.57. The van der Waals surface area contributed by atoms with E-state index in [9.17, 15) is 14.4 Å². The minimum absolute atomic E-state index is 0.130. The highest BCUT2D eigenvalue weighted by Crippen LogP contribution is 2.02. The monoisotopic (exact) mass is 263 g/mol. The lowest BCUT2D eigenvalue weighted by Gasteiger charge is -2.07. The molecule has 0 saturated heterocycles. The van der Waals surface area contributed by atoms with Crippen LogP contribution in [0, 0.1) is 11.8 Å². The van der Waals surface area contributed by atoms with Crippen LogP contribution in [0.1, 0.15) is 33.6 Å². The maximum absolute atomic E-state index is 10.1. The molecule has 0 aliphatic rings. The van der Waals surface area contributed by atoms with E-state index in [1.165, 1.54) is 6.92 Å². The molecular formula is C11H21NO6. The van der Waals surface area contributed by atoms with Gasteiger partial charge in [0.05, 0.1) is 0 Å². The first-order chi connectivity index (χ1) is 8.13. The molecule has 0 aromatic heterocycles. The maximum Gasteiger partial charge on any atom is 0.320 e. The molecular weight excluding hydrogens is 242 g/mol. The topological polar surface area (TPSA) is 138 Å². The van der Waals surface area contributed by atoms with Crippen molar-refractivity contribution >= 4 is 17.9 Å². The van der Waals surface area contributed by atoms with E-state index in [4.69, 9.17) is 21.1 Å². The Morgan fingerprint density at radius 1 is 1.00 bits per heavy atom. The Hall–Kier alpha value is -1.63. The van der Waals surface area contributed by atoms with Crippen molar-refractivity contribution in [3.63, 3.8) is 0 Å². The molecule has 0 fully saturated rings. The summed E-state index contributed by atoms with van der Waals surface area (Å²) in [6.45, 7) is 5.42. The number of hydrogen-bond acceptors (Lipinski definition) is 4. The fraction of sp³-hybridized carbons (Fsp3) is 0.727. The summed E-state index contributed by atoms with van der Waals surface area (Å²) in [5, 5.41) is 24.6. The average molecular weight is 263 g/mol. The zero-order valence-corrected chi connectivity index (χ0v) is 10.8. The molecule has 106 valence electrons. The highest BCUT2D eigenvalue weighted by Gasteiger charge is 2.22. The predicted molar refractivity (Wildman–Crippen MR) is 64.1 cm³/mol. The van der Waals surface area contributed by atoms with Crippen LogP contribution in [0.4, 0.5) is 0 Å². The molecule has 0 radical (unpaired) electrons. The van der Waals surface area contributed by atoms with Gasteiger partial charge in [0.15, 0.2) is 5.92 Å². The largest absolute Gasteiger partial charge is 0.481 e. The molecule has 7 nitrogen and oxygen atoms in total. The first-order valence-corrected chi connectivity index (χ1v) is 5.57. The van der Waals surface area contributed by atoms with Crippen LogP contribution in [0.3, 0.4) is 0 Å². The Morgan fingerprint density at radius 2 is 1.39 bits per heavy atom. The van der Waals surface area contributed by atoms with E-state index in [0.717, 1.165) is 0 Å². The van der Waals surface area contributed by atoms with Crippen molar-refractivity contribution in [2.45, 2.75) is 39.7 Å². The van der Waals surface area contributed by atoms with Gasteiger partial charge in [-0.15, -0.1) is 0 Å². The number of hydrogen-bond donors (Lipinski definition) is 4. The molecule has 0 rings (SSSR count). The second-order valence-corrected chi connectivity index (χ2v) is 4.21. The van der Waals surface area contributed by atoms with Gasteiger partial charge in [0.1, 0.15) is 6.04 Å². The van der Waals surface area contributed by atoms with Crippen molar-refractivity contribution < 1.29 is 29.7 Å². The van der Waals surface area contributed by atoms with Crippen molar-refractivity contribution in [3.05, 3.63) is 0 Å². The van der Waals surface area contributed by atoms with E-state index in [2.05, 4.69) is 0 Å². The summed E-state index contributed by atoms with van der Waals surface area (Å²) in [4.78, 5) is 30.1. The molecule has 0 saturated carbocycles. The van der Waals surface area contributed by atoms with Crippen LogP contribution in [-0.2, 0) is 14.4 Å². The summed E-state index contributed by atoms with van der Waals surface area (Å²) in [5.41, 5.74) is 5.22. The van der Waals surface area contributed by atoms with Gasteiger partial charge in [-0.05, 0) is 18.8 Å². The molecule has 0 bridgehead atoms. The molecule has 5 N–H and O–H groups in total. The van der Waals surface area contributed by atoms with Gasteiger partial charge in [-0.25, -0.2) is 0 Å². The van der Waals surface area contributed by atoms with Gasteiger partial charge in [0, 0.05) is 0 Å². The fourth-order valence-corrected chi connectivity index (χ4v) is 1.06. The lowest BCUT2D eigenvalue weighted by atomic mass is 10.1. The van der Waals surface area contributed by atoms with Crippen molar-refractivity contribution in [3.8, 4) is 0 Å². The van der Waals surface area contributed by atoms with E-state index >= 15 is 0 Å². The average Bonchev–Trinajstić information content (AvgIpc) is 2.16. The number of carboxylic acids is 3. The molecule has 18 heavy (non-hydrogen) atoms. The first kappa shape index (κ1) is 18.7. The smallest absolute Gasteiger partial charge is 0.320 e. The van der Waals surface area contributed by atoms with Gasteiger partial charge in [0.2, 0.25) is 0 Å². The molecule has 1 unspecified atom stereocenters.